The van der Waals surface area contributed by atoms with E-state index in [-0.39, 0.29) is 33.8 Å². The van der Waals surface area contributed by atoms with Crippen LogP contribution in [0.4, 0.5) is 34.1 Å². The van der Waals surface area contributed by atoms with Crippen molar-refractivity contribution in [3.63, 3.8) is 0 Å². The molecule has 12 aromatic carbocycles. The molecule has 0 bridgehead atoms. The van der Waals surface area contributed by atoms with Gasteiger partial charge >= 0.3 is 0 Å². The molecule has 478 valence electrons. The molecule has 2 aliphatic rings. The molecule has 4 heterocycles. The predicted octanol–water partition coefficient (Wildman–Crippen LogP) is 23.5. The molecule has 2 aliphatic heterocycles. The molecule has 0 N–H and O–H groups in total. The molecule has 0 unspecified atom stereocenters. The highest BCUT2D eigenvalue weighted by molar-refractivity contribution is 7.00. The third kappa shape index (κ3) is 10.2. The molecule has 0 saturated carbocycles. The molecule has 0 amide bonds. The standard InChI is InChI=1S/C92H87BN4/c1-88(2,3)62-40-47-79(73(53-62)58-29-19-16-20-30-58)96-81-51-60(61-49-64(90(7,8)9)52-65(50-61)91(10,11)12)39-45-75(81)93-76-46-42-68(95-78-38-28-26-36-70(78)72-44-43-71-69-35-25-27-37-77(69)94(86(71)87(72)95)67-33-23-18-24-34-67)57-82(76)97(84-56-66(92(13,14)15)55-83(96)85(84)93)80-48-41-63(89(4,5)6)54-74(80)59-31-21-17-22-32-59/h16-57H,1-15H3. The zero-order chi connectivity index (χ0) is 67.4. The Morgan fingerprint density at radius 1 is 0.247 bits per heavy atom. The van der Waals surface area contributed by atoms with Gasteiger partial charge in [0.15, 0.2) is 0 Å². The topological polar surface area (TPSA) is 16.3 Å². The van der Waals surface area contributed by atoms with Crippen LogP contribution in [0.1, 0.15) is 132 Å². The van der Waals surface area contributed by atoms with Crippen molar-refractivity contribution in [3.8, 4) is 44.8 Å². The van der Waals surface area contributed by atoms with Crippen LogP contribution in [0, 0.1) is 0 Å². The Morgan fingerprint density at radius 3 is 1.11 bits per heavy atom. The number of hydrogen-bond acceptors (Lipinski definition) is 2. The van der Waals surface area contributed by atoms with Gasteiger partial charge in [0.1, 0.15) is 0 Å². The van der Waals surface area contributed by atoms with Crippen LogP contribution in [0.5, 0.6) is 0 Å². The second-order valence-electron chi connectivity index (χ2n) is 32.7. The summed E-state index contributed by atoms with van der Waals surface area (Å²) in [7, 11) is 0. The van der Waals surface area contributed by atoms with E-state index in [2.05, 4.69) is 378 Å². The van der Waals surface area contributed by atoms with Gasteiger partial charge in [-0.15, -0.1) is 0 Å². The molecule has 4 nitrogen and oxygen atoms in total. The number of nitrogens with zero attached hydrogens (tertiary/aromatic N) is 4. The van der Waals surface area contributed by atoms with Gasteiger partial charge in [0.05, 0.1) is 33.4 Å². The normalized spacial score (nSPS) is 13.5. The first-order valence-electron chi connectivity index (χ1n) is 34.9. The summed E-state index contributed by atoms with van der Waals surface area (Å²) in [6.07, 6.45) is 0. The summed E-state index contributed by atoms with van der Waals surface area (Å²) >= 11 is 0. The van der Waals surface area contributed by atoms with E-state index in [0.717, 1.165) is 34.0 Å². The second-order valence-corrected chi connectivity index (χ2v) is 32.7. The van der Waals surface area contributed by atoms with Crippen molar-refractivity contribution < 1.29 is 0 Å². The van der Waals surface area contributed by atoms with Gasteiger partial charge < -0.3 is 18.9 Å². The zero-order valence-electron chi connectivity index (χ0n) is 59.1. The fourth-order valence-corrected chi connectivity index (χ4v) is 15.6. The molecular weight excluding hydrogens is 1170 g/mol. The summed E-state index contributed by atoms with van der Waals surface area (Å²) in [5, 5.41) is 4.90. The van der Waals surface area contributed by atoms with Crippen LogP contribution in [0.2, 0.25) is 0 Å². The van der Waals surface area contributed by atoms with Gasteiger partial charge in [-0.2, -0.15) is 0 Å². The number of rotatable bonds is 7. The summed E-state index contributed by atoms with van der Waals surface area (Å²) in [6.45, 7) is 35.2. The van der Waals surface area contributed by atoms with Gasteiger partial charge in [0, 0.05) is 66.8 Å². The van der Waals surface area contributed by atoms with Crippen LogP contribution in [-0.2, 0) is 27.1 Å². The van der Waals surface area contributed by atoms with Crippen molar-refractivity contribution >= 4 is 101 Å². The molecule has 0 fully saturated rings. The van der Waals surface area contributed by atoms with Crippen LogP contribution in [0.25, 0.3) is 88.4 Å². The van der Waals surface area contributed by atoms with Gasteiger partial charge in [0.2, 0.25) is 0 Å². The van der Waals surface area contributed by atoms with Gasteiger partial charge in [-0.25, -0.2) is 0 Å². The minimum absolute atomic E-state index is 0.0656. The van der Waals surface area contributed by atoms with Crippen molar-refractivity contribution in [2.45, 2.75) is 131 Å². The SMILES string of the molecule is CC(C)(C)c1cc(-c2ccc3c(c2)N(c2ccc(C(C)(C)C)cc2-c2ccccc2)c2cc(C(C)(C)C)cc4c2B3c2ccc(-n3c5ccccc5c5ccc6c7ccccc7n(-c7ccccc7)c6c53)cc2N4c2ccc(C(C)(C)C)cc2-c2ccccc2)cc(C(C)(C)C)c1. The highest BCUT2D eigenvalue weighted by Crippen LogP contribution is 2.53. The average molecular weight is 1260 g/mol. The molecule has 0 atom stereocenters. The maximum Gasteiger partial charge on any atom is 0.252 e. The van der Waals surface area contributed by atoms with E-state index in [1.54, 1.807) is 0 Å². The first kappa shape index (κ1) is 61.8. The molecule has 16 rings (SSSR count). The fraction of sp³-hybridized carbons (Fsp3) is 0.217. The van der Waals surface area contributed by atoms with Crippen molar-refractivity contribution in [3.05, 3.63) is 283 Å². The zero-order valence-corrected chi connectivity index (χ0v) is 59.1. The minimum Gasteiger partial charge on any atom is -0.311 e. The quantitative estimate of drug-likeness (QED) is 0.148. The monoisotopic (exact) mass is 1260 g/mol. The largest absolute Gasteiger partial charge is 0.311 e. The Hall–Kier alpha value is -10.1. The Balaban J connectivity index is 1.06. The van der Waals surface area contributed by atoms with E-state index in [1.165, 1.54) is 133 Å². The molecule has 14 aromatic rings. The lowest BCUT2D eigenvalue weighted by Gasteiger charge is -2.46. The summed E-state index contributed by atoms with van der Waals surface area (Å²) in [5.74, 6) is 0. The van der Waals surface area contributed by atoms with E-state index in [1.807, 2.05) is 0 Å². The smallest absolute Gasteiger partial charge is 0.252 e. The molecule has 0 radical (unpaired) electrons. The van der Waals surface area contributed by atoms with E-state index in [9.17, 15) is 0 Å². The summed E-state index contributed by atoms with van der Waals surface area (Å²) in [5.41, 5.74) is 30.9. The van der Waals surface area contributed by atoms with Crippen LogP contribution < -0.4 is 26.2 Å². The third-order valence-corrected chi connectivity index (χ3v) is 21.0. The van der Waals surface area contributed by atoms with Crippen molar-refractivity contribution in [2.75, 3.05) is 9.80 Å². The van der Waals surface area contributed by atoms with E-state index in [0.29, 0.717) is 0 Å². The van der Waals surface area contributed by atoms with Crippen LogP contribution in [-0.4, -0.2) is 15.8 Å². The maximum absolute atomic E-state index is 2.69. The van der Waals surface area contributed by atoms with Gasteiger partial charge in [-0.05, 0) is 172 Å². The third-order valence-electron chi connectivity index (χ3n) is 21.0. The van der Waals surface area contributed by atoms with Crippen molar-refractivity contribution in [2.24, 2.45) is 0 Å². The van der Waals surface area contributed by atoms with Crippen LogP contribution in [0.15, 0.2) is 255 Å². The average Bonchev–Trinajstić information content (AvgIpc) is 1.30. The van der Waals surface area contributed by atoms with E-state index in [4.69, 9.17) is 0 Å². The summed E-state index contributed by atoms with van der Waals surface area (Å²) in [4.78, 5) is 5.37. The highest BCUT2D eigenvalue weighted by Gasteiger charge is 2.46. The molecular formula is C92H87BN4. The number of anilines is 6. The molecule has 5 heteroatoms. The summed E-state index contributed by atoms with van der Waals surface area (Å²) in [6, 6.07) is 98.1. The van der Waals surface area contributed by atoms with Gasteiger partial charge in [-0.1, -0.05) is 280 Å². The lowest BCUT2D eigenvalue weighted by atomic mass is 9.33. The molecule has 0 aliphatic carbocycles. The second kappa shape index (κ2) is 22.2. The maximum atomic E-state index is 2.69. The molecule has 97 heavy (non-hydrogen) atoms. The Morgan fingerprint density at radius 2 is 0.649 bits per heavy atom. The molecule has 2 aromatic heterocycles. The molecule has 0 saturated heterocycles. The lowest BCUT2D eigenvalue weighted by molar-refractivity contribution is 0.569. The number of aromatic nitrogens is 2. The Bertz CT molecular complexity index is 5440. The van der Waals surface area contributed by atoms with Crippen LogP contribution >= 0.6 is 0 Å². The number of fused-ring (bicyclic) bond motifs is 11. The van der Waals surface area contributed by atoms with E-state index >= 15 is 0 Å². The first-order chi connectivity index (χ1) is 46.3. The van der Waals surface area contributed by atoms with Gasteiger partial charge in [-0.3, -0.25) is 0 Å². The lowest BCUT2D eigenvalue weighted by Crippen LogP contribution is -2.61. The minimum atomic E-state index is -0.262. The number of para-hydroxylation sites is 3. The summed E-state index contributed by atoms with van der Waals surface area (Å²) < 4.78 is 5.09. The Kier molecular flexibility index (Phi) is 14.2. The first-order valence-corrected chi connectivity index (χ1v) is 34.9. The van der Waals surface area contributed by atoms with E-state index < -0.39 is 0 Å². The van der Waals surface area contributed by atoms with Crippen LogP contribution in [0.3, 0.4) is 0 Å². The van der Waals surface area contributed by atoms with Crippen molar-refractivity contribution in [1.29, 1.82) is 0 Å². The number of benzene rings is 12. The Labute approximate surface area is 574 Å². The number of hydrogen-bond donors (Lipinski definition) is 0. The van der Waals surface area contributed by atoms with Gasteiger partial charge in [0.25, 0.3) is 6.71 Å². The highest BCUT2D eigenvalue weighted by atomic mass is 15.2. The predicted molar refractivity (Wildman–Crippen MR) is 419 cm³/mol. The van der Waals surface area contributed by atoms with Crippen molar-refractivity contribution in [1.82, 2.24) is 9.13 Å². The fourth-order valence-electron chi connectivity index (χ4n) is 15.6. The molecule has 0 spiro atoms.